The summed E-state index contributed by atoms with van der Waals surface area (Å²) in [4.78, 5) is 0. The second-order valence-electron chi connectivity index (χ2n) is 1.73. The molecule has 0 amide bonds. The van der Waals surface area contributed by atoms with Crippen LogP contribution in [-0.4, -0.2) is 40.4 Å². The van der Waals surface area contributed by atoms with Crippen molar-refractivity contribution in [2.75, 3.05) is 24.1 Å². The first-order valence-electron chi connectivity index (χ1n) is 2.87. The van der Waals surface area contributed by atoms with E-state index in [2.05, 4.69) is 27.9 Å². The highest BCUT2D eigenvalue weighted by Crippen LogP contribution is 1.78. The quantitative estimate of drug-likeness (QED) is 0.343. The Bertz CT molecular complexity index is 62.9. The molecule has 0 radical (unpaired) electrons. The molecule has 4 heteroatoms. The predicted octanol–water partition coefficient (Wildman–Crippen LogP) is -0.636. The summed E-state index contributed by atoms with van der Waals surface area (Å²) in [6, 6.07) is 0. The van der Waals surface area contributed by atoms with E-state index in [4.69, 9.17) is 10.2 Å². The third kappa shape index (κ3) is 6.50. The molecule has 3 N–H and O–H groups in total. The van der Waals surface area contributed by atoms with Crippen molar-refractivity contribution >= 4 is 22.6 Å². The van der Waals surface area contributed by atoms with Crippen LogP contribution < -0.4 is 5.32 Å². The van der Waals surface area contributed by atoms with Gasteiger partial charge < -0.3 is 15.5 Å². The molecule has 0 heterocycles. The van der Waals surface area contributed by atoms with Gasteiger partial charge in [0.15, 0.2) is 0 Å². The Morgan fingerprint density at radius 1 is 1.56 bits per heavy atom. The van der Waals surface area contributed by atoms with E-state index in [-0.39, 0.29) is 6.61 Å². The molecule has 0 fully saturated rings. The van der Waals surface area contributed by atoms with E-state index in [1.54, 1.807) is 0 Å². The predicted molar refractivity (Wildman–Crippen MR) is 44.8 cm³/mol. The van der Waals surface area contributed by atoms with Gasteiger partial charge in [-0.2, -0.15) is 0 Å². The van der Waals surface area contributed by atoms with Crippen LogP contribution in [0.4, 0.5) is 0 Å². The molecule has 1 atom stereocenters. The number of rotatable bonds is 5. The topological polar surface area (TPSA) is 52.5 Å². The van der Waals surface area contributed by atoms with Crippen LogP contribution >= 0.6 is 22.6 Å². The van der Waals surface area contributed by atoms with Gasteiger partial charge in [0.05, 0.1) is 12.7 Å². The van der Waals surface area contributed by atoms with Crippen molar-refractivity contribution in [2.24, 2.45) is 0 Å². The van der Waals surface area contributed by atoms with Gasteiger partial charge in [-0.25, -0.2) is 0 Å². The molecule has 0 saturated heterocycles. The molecule has 0 aliphatic heterocycles. The Balaban J connectivity index is 2.88. The van der Waals surface area contributed by atoms with Gasteiger partial charge >= 0.3 is 0 Å². The summed E-state index contributed by atoms with van der Waals surface area (Å²) in [5, 5.41) is 20.1. The van der Waals surface area contributed by atoms with Crippen molar-refractivity contribution < 1.29 is 10.2 Å². The van der Waals surface area contributed by atoms with Crippen LogP contribution in [0, 0.1) is 0 Å². The van der Waals surface area contributed by atoms with Crippen LogP contribution in [-0.2, 0) is 0 Å². The first-order valence-corrected chi connectivity index (χ1v) is 4.39. The van der Waals surface area contributed by atoms with Gasteiger partial charge in [0, 0.05) is 17.5 Å². The largest absolute Gasteiger partial charge is 0.394 e. The van der Waals surface area contributed by atoms with Gasteiger partial charge in [-0.05, 0) is 0 Å². The summed E-state index contributed by atoms with van der Waals surface area (Å²) in [6.45, 7) is 1.21. The SMILES string of the molecule is OCC(O)CNCCI. The summed E-state index contributed by atoms with van der Waals surface area (Å²) in [5.74, 6) is 0. The Hall–Kier alpha value is 0.610. The van der Waals surface area contributed by atoms with Crippen molar-refractivity contribution in [1.29, 1.82) is 0 Å². The maximum absolute atomic E-state index is 8.77. The summed E-state index contributed by atoms with van der Waals surface area (Å²) in [6.07, 6.45) is -0.604. The average molecular weight is 245 g/mol. The molecule has 56 valence electrons. The fraction of sp³-hybridized carbons (Fsp3) is 1.00. The lowest BCUT2D eigenvalue weighted by atomic mass is 10.4. The Kier molecular flexibility index (Phi) is 7.18. The zero-order chi connectivity index (χ0) is 7.11. The highest BCUT2D eigenvalue weighted by atomic mass is 127. The van der Waals surface area contributed by atoms with E-state index >= 15 is 0 Å². The van der Waals surface area contributed by atoms with Gasteiger partial charge in [-0.15, -0.1) is 0 Å². The van der Waals surface area contributed by atoms with Crippen molar-refractivity contribution in [3.8, 4) is 0 Å². The van der Waals surface area contributed by atoms with Gasteiger partial charge in [-0.1, -0.05) is 22.6 Å². The highest BCUT2D eigenvalue weighted by Gasteiger charge is 1.97. The summed E-state index contributed by atoms with van der Waals surface area (Å²) in [7, 11) is 0. The van der Waals surface area contributed by atoms with Crippen molar-refractivity contribution in [1.82, 2.24) is 5.32 Å². The summed E-state index contributed by atoms with van der Waals surface area (Å²) in [5.41, 5.74) is 0. The van der Waals surface area contributed by atoms with Crippen LogP contribution in [0.2, 0.25) is 0 Å². The Morgan fingerprint density at radius 3 is 2.67 bits per heavy atom. The highest BCUT2D eigenvalue weighted by molar-refractivity contribution is 14.1. The molecular formula is C5H12INO2. The number of aliphatic hydroxyl groups excluding tert-OH is 2. The Labute approximate surface area is 68.6 Å². The van der Waals surface area contributed by atoms with Crippen molar-refractivity contribution in [3.63, 3.8) is 0 Å². The van der Waals surface area contributed by atoms with E-state index in [0.717, 1.165) is 11.0 Å². The van der Waals surface area contributed by atoms with Crippen LogP contribution in [0.5, 0.6) is 0 Å². The lowest BCUT2D eigenvalue weighted by Gasteiger charge is -2.06. The van der Waals surface area contributed by atoms with Crippen LogP contribution in [0.15, 0.2) is 0 Å². The monoisotopic (exact) mass is 245 g/mol. The molecular weight excluding hydrogens is 233 g/mol. The smallest absolute Gasteiger partial charge is 0.0894 e. The van der Waals surface area contributed by atoms with Gasteiger partial charge in [0.2, 0.25) is 0 Å². The number of halogens is 1. The van der Waals surface area contributed by atoms with Crippen LogP contribution in [0.1, 0.15) is 0 Å². The minimum absolute atomic E-state index is 0.158. The van der Waals surface area contributed by atoms with E-state index in [1.807, 2.05) is 0 Å². The second-order valence-corrected chi connectivity index (χ2v) is 2.81. The number of hydrogen-bond acceptors (Lipinski definition) is 3. The second kappa shape index (κ2) is 6.73. The van der Waals surface area contributed by atoms with Crippen LogP contribution in [0.25, 0.3) is 0 Å². The molecule has 3 nitrogen and oxygen atoms in total. The zero-order valence-corrected chi connectivity index (χ0v) is 7.34. The molecule has 0 aromatic heterocycles. The zero-order valence-electron chi connectivity index (χ0n) is 5.18. The molecule has 0 aliphatic carbocycles. The minimum Gasteiger partial charge on any atom is -0.394 e. The summed E-state index contributed by atoms with van der Waals surface area (Å²) >= 11 is 2.24. The van der Waals surface area contributed by atoms with Crippen molar-refractivity contribution in [3.05, 3.63) is 0 Å². The molecule has 0 aromatic carbocycles. The number of hydrogen-bond donors (Lipinski definition) is 3. The van der Waals surface area contributed by atoms with Crippen LogP contribution in [0.3, 0.4) is 0 Å². The van der Waals surface area contributed by atoms with E-state index in [9.17, 15) is 0 Å². The van der Waals surface area contributed by atoms with Crippen molar-refractivity contribution in [2.45, 2.75) is 6.10 Å². The number of alkyl halides is 1. The molecule has 0 saturated carbocycles. The molecule has 0 aromatic rings. The molecule has 1 unspecified atom stereocenters. The fourth-order valence-corrected chi connectivity index (χ4v) is 0.781. The molecule has 0 bridgehead atoms. The first-order chi connectivity index (χ1) is 4.31. The average Bonchev–Trinajstić information content (AvgIpc) is 1.89. The van der Waals surface area contributed by atoms with E-state index < -0.39 is 6.10 Å². The molecule has 9 heavy (non-hydrogen) atoms. The lowest BCUT2D eigenvalue weighted by molar-refractivity contribution is 0.0951. The maximum Gasteiger partial charge on any atom is 0.0894 e. The molecule has 0 spiro atoms. The van der Waals surface area contributed by atoms with E-state index in [1.165, 1.54) is 0 Å². The molecule has 0 rings (SSSR count). The standard InChI is InChI=1S/C5H12INO2/c6-1-2-7-3-5(9)4-8/h5,7-9H,1-4H2. The number of nitrogens with one attached hydrogen (secondary N) is 1. The van der Waals surface area contributed by atoms with E-state index in [0.29, 0.717) is 6.54 Å². The third-order valence-electron chi connectivity index (χ3n) is 0.862. The third-order valence-corrected chi connectivity index (χ3v) is 1.40. The normalized spacial score (nSPS) is 13.7. The lowest BCUT2D eigenvalue weighted by Crippen LogP contribution is -2.30. The first kappa shape index (κ1) is 9.61. The van der Waals surface area contributed by atoms with Gasteiger partial charge in [0.25, 0.3) is 0 Å². The maximum atomic E-state index is 8.77. The Morgan fingerprint density at radius 2 is 2.22 bits per heavy atom. The van der Waals surface area contributed by atoms with Gasteiger partial charge in [0.1, 0.15) is 0 Å². The number of aliphatic hydroxyl groups is 2. The molecule has 0 aliphatic rings. The fourth-order valence-electron chi connectivity index (χ4n) is 0.400. The van der Waals surface area contributed by atoms with Gasteiger partial charge in [-0.3, -0.25) is 0 Å². The minimum atomic E-state index is -0.604. The summed E-state index contributed by atoms with van der Waals surface area (Å²) < 4.78 is 1.02.